The fourth-order valence-electron chi connectivity index (χ4n) is 2.71. The summed E-state index contributed by atoms with van der Waals surface area (Å²) in [6.45, 7) is 0.257. The standard InChI is InChI=1S/C23H18N2O4/c1-28-22-12-8-18(9-13-22)20(15-24)14-19-4-2-3-5-23(19)29-16-17-6-10-21(11-7-17)25(26)27/h2-14H,16H2,1H3/b20-14+. The van der Waals surface area contributed by atoms with E-state index in [4.69, 9.17) is 9.47 Å². The molecule has 0 heterocycles. The van der Waals surface area contributed by atoms with Crippen LogP contribution in [0.15, 0.2) is 72.8 Å². The number of ether oxygens (including phenoxy) is 2. The summed E-state index contributed by atoms with van der Waals surface area (Å²) >= 11 is 0. The fraction of sp³-hybridized carbons (Fsp3) is 0.0870. The van der Waals surface area contributed by atoms with Gasteiger partial charge in [-0.3, -0.25) is 10.1 Å². The normalized spacial score (nSPS) is 10.8. The van der Waals surface area contributed by atoms with E-state index in [9.17, 15) is 15.4 Å². The van der Waals surface area contributed by atoms with Crippen molar-refractivity contribution in [3.8, 4) is 17.6 Å². The number of nitro groups is 1. The van der Waals surface area contributed by atoms with Crippen molar-refractivity contribution < 1.29 is 14.4 Å². The van der Waals surface area contributed by atoms with Gasteiger partial charge in [-0.15, -0.1) is 0 Å². The van der Waals surface area contributed by atoms with E-state index in [0.29, 0.717) is 11.3 Å². The lowest BCUT2D eigenvalue weighted by Crippen LogP contribution is -1.97. The smallest absolute Gasteiger partial charge is 0.269 e. The van der Waals surface area contributed by atoms with E-state index in [2.05, 4.69) is 6.07 Å². The summed E-state index contributed by atoms with van der Waals surface area (Å²) in [6.07, 6.45) is 1.77. The van der Waals surface area contributed by atoms with Gasteiger partial charge in [0.2, 0.25) is 0 Å². The van der Waals surface area contributed by atoms with E-state index in [1.54, 1.807) is 37.5 Å². The summed E-state index contributed by atoms with van der Waals surface area (Å²) in [5.74, 6) is 1.34. The van der Waals surface area contributed by atoms with Crippen LogP contribution in [0.1, 0.15) is 16.7 Å². The molecule has 0 saturated carbocycles. The fourth-order valence-corrected chi connectivity index (χ4v) is 2.71. The van der Waals surface area contributed by atoms with Crippen molar-refractivity contribution in [3.63, 3.8) is 0 Å². The number of hydrogen-bond donors (Lipinski definition) is 0. The zero-order valence-corrected chi connectivity index (χ0v) is 15.7. The lowest BCUT2D eigenvalue weighted by molar-refractivity contribution is -0.384. The molecule has 29 heavy (non-hydrogen) atoms. The van der Waals surface area contributed by atoms with Crippen molar-refractivity contribution in [1.29, 1.82) is 5.26 Å². The molecule has 144 valence electrons. The molecule has 0 atom stereocenters. The maximum absolute atomic E-state index is 10.8. The minimum Gasteiger partial charge on any atom is -0.497 e. The van der Waals surface area contributed by atoms with Gasteiger partial charge < -0.3 is 9.47 Å². The maximum atomic E-state index is 10.8. The van der Waals surface area contributed by atoms with Crippen LogP contribution in [0.2, 0.25) is 0 Å². The monoisotopic (exact) mass is 386 g/mol. The lowest BCUT2D eigenvalue weighted by Gasteiger charge is -2.10. The molecular weight excluding hydrogens is 368 g/mol. The summed E-state index contributed by atoms with van der Waals surface area (Å²) in [7, 11) is 1.59. The van der Waals surface area contributed by atoms with Crippen LogP contribution in [0.5, 0.6) is 11.5 Å². The Labute approximate surface area is 168 Å². The van der Waals surface area contributed by atoms with Crippen LogP contribution in [0.3, 0.4) is 0 Å². The van der Waals surface area contributed by atoms with Crippen molar-refractivity contribution in [3.05, 3.63) is 99.6 Å². The van der Waals surface area contributed by atoms with E-state index >= 15 is 0 Å². The predicted molar refractivity (Wildman–Crippen MR) is 110 cm³/mol. The number of nitro benzene ring substituents is 1. The van der Waals surface area contributed by atoms with Gasteiger partial charge in [0.25, 0.3) is 5.69 Å². The molecule has 6 heteroatoms. The molecule has 0 amide bonds. The van der Waals surface area contributed by atoms with E-state index in [1.165, 1.54) is 12.1 Å². The number of benzene rings is 3. The maximum Gasteiger partial charge on any atom is 0.269 e. The van der Waals surface area contributed by atoms with Crippen LogP contribution >= 0.6 is 0 Å². The first kappa shape index (κ1) is 19.6. The zero-order chi connectivity index (χ0) is 20.6. The molecule has 0 radical (unpaired) electrons. The first-order valence-corrected chi connectivity index (χ1v) is 8.82. The van der Waals surface area contributed by atoms with Gasteiger partial charge in [-0.05, 0) is 59.7 Å². The summed E-state index contributed by atoms with van der Waals surface area (Å²) in [5, 5.41) is 20.3. The van der Waals surface area contributed by atoms with Gasteiger partial charge in [0, 0.05) is 17.7 Å². The minimum absolute atomic E-state index is 0.0373. The first-order valence-electron chi connectivity index (χ1n) is 8.82. The van der Waals surface area contributed by atoms with Crippen LogP contribution in [0.4, 0.5) is 5.69 Å². The zero-order valence-electron chi connectivity index (χ0n) is 15.7. The largest absolute Gasteiger partial charge is 0.497 e. The van der Waals surface area contributed by atoms with Crippen molar-refractivity contribution in [1.82, 2.24) is 0 Å². The Bertz CT molecular complexity index is 1070. The quantitative estimate of drug-likeness (QED) is 0.240. The van der Waals surface area contributed by atoms with Crippen molar-refractivity contribution in [2.75, 3.05) is 7.11 Å². The molecule has 0 aromatic heterocycles. The van der Waals surface area contributed by atoms with Gasteiger partial charge >= 0.3 is 0 Å². The highest BCUT2D eigenvalue weighted by Crippen LogP contribution is 2.26. The summed E-state index contributed by atoms with van der Waals surface area (Å²) in [5.41, 5.74) is 2.89. The van der Waals surface area contributed by atoms with Crippen molar-refractivity contribution in [2.24, 2.45) is 0 Å². The second-order valence-corrected chi connectivity index (χ2v) is 6.15. The molecule has 0 saturated heterocycles. The number of para-hydroxylation sites is 1. The SMILES string of the molecule is COc1ccc(/C(C#N)=C/c2ccccc2OCc2ccc([N+](=O)[O-])cc2)cc1. The summed E-state index contributed by atoms with van der Waals surface area (Å²) in [4.78, 5) is 10.3. The molecule has 0 aliphatic heterocycles. The highest BCUT2D eigenvalue weighted by Gasteiger charge is 2.07. The van der Waals surface area contributed by atoms with Crippen LogP contribution in [0, 0.1) is 21.4 Å². The van der Waals surface area contributed by atoms with Gasteiger partial charge in [-0.25, -0.2) is 0 Å². The topological polar surface area (TPSA) is 85.4 Å². The first-order chi connectivity index (χ1) is 14.1. The van der Waals surface area contributed by atoms with Crippen molar-refractivity contribution in [2.45, 2.75) is 6.61 Å². The average molecular weight is 386 g/mol. The van der Waals surface area contributed by atoms with E-state index in [0.717, 1.165) is 22.4 Å². The molecule has 3 aromatic rings. The molecule has 0 spiro atoms. The second-order valence-electron chi connectivity index (χ2n) is 6.15. The van der Waals surface area contributed by atoms with Gasteiger partial charge in [0.1, 0.15) is 18.1 Å². The lowest BCUT2D eigenvalue weighted by atomic mass is 10.0. The van der Waals surface area contributed by atoms with Crippen LogP contribution in [0.25, 0.3) is 11.6 Å². The van der Waals surface area contributed by atoms with Crippen LogP contribution in [-0.4, -0.2) is 12.0 Å². The third kappa shape index (κ3) is 4.99. The third-order valence-corrected chi connectivity index (χ3v) is 4.28. The molecule has 3 rings (SSSR count). The third-order valence-electron chi connectivity index (χ3n) is 4.28. The molecule has 0 bridgehead atoms. The highest BCUT2D eigenvalue weighted by molar-refractivity contribution is 5.90. The molecule has 0 aliphatic carbocycles. The number of nitrogens with zero attached hydrogens (tertiary/aromatic N) is 2. The molecule has 6 nitrogen and oxygen atoms in total. The number of allylic oxidation sites excluding steroid dienone is 1. The average Bonchev–Trinajstić information content (AvgIpc) is 2.77. The van der Waals surface area contributed by atoms with E-state index in [-0.39, 0.29) is 12.3 Å². The Balaban J connectivity index is 1.81. The Morgan fingerprint density at radius 3 is 2.38 bits per heavy atom. The summed E-state index contributed by atoms with van der Waals surface area (Å²) in [6, 6.07) is 23.1. The van der Waals surface area contributed by atoms with Gasteiger partial charge in [0.05, 0.1) is 23.7 Å². The number of non-ortho nitro benzene ring substituents is 1. The Kier molecular flexibility index (Phi) is 6.23. The molecule has 0 aliphatic rings. The Morgan fingerprint density at radius 2 is 1.76 bits per heavy atom. The predicted octanol–water partition coefficient (Wildman–Crippen LogP) is 5.25. The van der Waals surface area contributed by atoms with Crippen LogP contribution in [-0.2, 0) is 6.61 Å². The van der Waals surface area contributed by atoms with Gasteiger partial charge in [0.15, 0.2) is 0 Å². The van der Waals surface area contributed by atoms with E-state index in [1.807, 2.05) is 36.4 Å². The molecule has 0 fully saturated rings. The van der Waals surface area contributed by atoms with Gasteiger partial charge in [-0.1, -0.05) is 18.2 Å². The number of rotatable bonds is 7. The van der Waals surface area contributed by atoms with Crippen molar-refractivity contribution >= 4 is 17.3 Å². The van der Waals surface area contributed by atoms with Crippen LogP contribution < -0.4 is 9.47 Å². The molecule has 3 aromatic carbocycles. The molecule has 0 N–H and O–H groups in total. The summed E-state index contributed by atoms with van der Waals surface area (Å²) < 4.78 is 11.1. The highest BCUT2D eigenvalue weighted by atomic mass is 16.6. The Morgan fingerprint density at radius 1 is 1.07 bits per heavy atom. The molecule has 0 unspecified atom stereocenters. The molecular formula is C23H18N2O4. The minimum atomic E-state index is -0.437. The van der Waals surface area contributed by atoms with E-state index < -0.39 is 4.92 Å². The number of hydrogen-bond acceptors (Lipinski definition) is 5. The number of methoxy groups -OCH3 is 1. The Hall–Kier alpha value is -4.11. The van der Waals surface area contributed by atoms with Gasteiger partial charge in [-0.2, -0.15) is 5.26 Å². The number of nitriles is 1. The second kappa shape index (κ2) is 9.20.